The van der Waals surface area contributed by atoms with Crippen molar-refractivity contribution in [2.24, 2.45) is 0 Å². The summed E-state index contributed by atoms with van der Waals surface area (Å²) in [5, 5.41) is 8.88. The Balaban J connectivity index is 1.90. The zero-order valence-electron chi connectivity index (χ0n) is 10.6. The molecule has 102 valence electrons. The molecule has 0 aliphatic rings. The number of H-pyrrole nitrogens is 1. The summed E-state index contributed by atoms with van der Waals surface area (Å²) in [5.74, 6) is 1.07. The molecule has 20 heavy (non-hydrogen) atoms. The normalized spacial score (nSPS) is 10.8. The molecule has 4 N–H and O–H groups in total. The largest absolute Gasteiger partial charge is 0.437 e. The van der Waals surface area contributed by atoms with Crippen molar-refractivity contribution in [1.82, 2.24) is 19.9 Å². The standard InChI is InChI=1S/C13H13N5O2/c14-13-17-11-10(15-7-16-11)12(18-13)20-9-3-1-8(2-4-9)5-6-19/h1-4,7,19H,5-6H2,(H3,14,15,16,17,18). The molecule has 3 aromatic rings. The van der Waals surface area contributed by atoms with Crippen molar-refractivity contribution in [3.63, 3.8) is 0 Å². The average Bonchev–Trinajstić information content (AvgIpc) is 2.89. The van der Waals surface area contributed by atoms with E-state index in [2.05, 4.69) is 19.9 Å². The molecule has 0 fully saturated rings. The van der Waals surface area contributed by atoms with Gasteiger partial charge in [0, 0.05) is 6.61 Å². The van der Waals surface area contributed by atoms with Gasteiger partial charge in [-0.25, -0.2) is 4.98 Å². The van der Waals surface area contributed by atoms with E-state index in [4.69, 9.17) is 15.6 Å². The summed E-state index contributed by atoms with van der Waals surface area (Å²) in [6, 6.07) is 7.40. The lowest BCUT2D eigenvalue weighted by atomic mass is 10.1. The molecule has 0 radical (unpaired) electrons. The second-order valence-corrected chi connectivity index (χ2v) is 4.21. The number of ether oxygens (including phenoxy) is 1. The number of nitrogens with zero attached hydrogens (tertiary/aromatic N) is 3. The van der Waals surface area contributed by atoms with Gasteiger partial charge in [0.05, 0.1) is 6.33 Å². The van der Waals surface area contributed by atoms with Gasteiger partial charge in [-0.3, -0.25) is 0 Å². The number of rotatable bonds is 4. The van der Waals surface area contributed by atoms with E-state index in [1.165, 1.54) is 6.33 Å². The third-order valence-electron chi connectivity index (χ3n) is 2.81. The smallest absolute Gasteiger partial charge is 0.250 e. The van der Waals surface area contributed by atoms with E-state index in [1.807, 2.05) is 24.3 Å². The second-order valence-electron chi connectivity index (χ2n) is 4.21. The highest BCUT2D eigenvalue weighted by atomic mass is 16.5. The third kappa shape index (κ3) is 2.39. The number of hydrogen-bond acceptors (Lipinski definition) is 6. The highest BCUT2D eigenvalue weighted by Gasteiger charge is 2.10. The summed E-state index contributed by atoms with van der Waals surface area (Å²) < 4.78 is 5.70. The quantitative estimate of drug-likeness (QED) is 0.659. The number of nitrogens with two attached hydrogens (primary N) is 1. The molecule has 7 nitrogen and oxygen atoms in total. The van der Waals surface area contributed by atoms with Gasteiger partial charge >= 0.3 is 0 Å². The Kier molecular flexibility index (Phi) is 3.18. The lowest BCUT2D eigenvalue weighted by Crippen LogP contribution is -1.98. The van der Waals surface area contributed by atoms with Crippen LogP contribution in [0.25, 0.3) is 11.2 Å². The minimum atomic E-state index is 0.108. The van der Waals surface area contributed by atoms with Crippen molar-refractivity contribution >= 4 is 17.1 Å². The number of aliphatic hydroxyl groups excluding tert-OH is 1. The van der Waals surface area contributed by atoms with Gasteiger partial charge in [0.2, 0.25) is 5.95 Å². The molecule has 0 saturated heterocycles. The number of benzene rings is 1. The Hall–Kier alpha value is -2.67. The van der Waals surface area contributed by atoms with Crippen molar-refractivity contribution < 1.29 is 9.84 Å². The zero-order chi connectivity index (χ0) is 13.9. The first kappa shape index (κ1) is 12.4. The van der Waals surface area contributed by atoms with Crippen LogP contribution in [0.15, 0.2) is 30.6 Å². The van der Waals surface area contributed by atoms with Crippen LogP contribution in [0.5, 0.6) is 11.6 Å². The molecule has 0 bridgehead atoms. The molecule has 2 aromatic heterocycles. The summed E-state index contributed by atoms with van der Waals surface area (Å²) in [6.07, 6.45) is 2.13. The molecule has 7 heteroatoms. The first-order valence-electron chi connectivity index (χ1n) is 6.10. The van der Waals surface area contributed by atoms with Gasteiger partial charge in [-0.15, -0.1) is 0 Å². The van der Waals surface area contributed by atoms with E-state index in [0.29, 0.717) is 29.2 Å². The predicted molar refractivity (Wildman–Crippen MR) is 73.4 cm³/mol. The van der Waals surface area contributed by atoms with Crippen LogP contribution in [0.1, 0.15) is 5.56 Å². The fourth-order valence-electron chi connectivity index (χ4n) is 1.86. The second kappa shape index (κ2) is 5.14. The number of nitrogens with one attached hydrogen (secondary N) is 1. The number of aromatic nitrogens is 4. The fraction of sp³-hybridized carbons (Fsp3) is 0.154. The van der Waals surface area contributed by atoms with Crippen LogP contribution in [0, 0.1) is 0 Å². The summed E-state index contributed by atoms with van der Waals surface area (Å²) in [4.78, 5) is 15.0. The van der Waals surface area contributed by atoms with Crippen molar-refractivity contribution in [2.75, 3.05) is 12.3 Å². The average molecular weight is 271 g/mol. The SMILES string of the molecule is Nc1nc(Oc2ccc(CCO)cc2)c2[nH]cnc2n1. The lowest BCUT2D eigenvalue weighted by molar-refractivity contribution is 0.299. The fourth-order valence-corrected chi connectivity index (χ4v) is 1.86. The summed E-state index contributed by atoms with van der Waals surface area (Å²) in [6.45, 7) is 0.122. The molecule has 0 aliphatic heterocycles. The van der Waals surface area contributed by atoms with Crippen molar-refractivity contribution in [3.05, 3.63) is 36.2 Å². The van der Waals surface area contributed by atoms with Gasteiger partial charge in [0.25, 0.3) is 5.88 Å². The van der Waals surface area contributed by atoms with Crippen LogP contribution in [0.3, 0.4) is 0 Å². The van der Waals surface area contributed by atoms with Gasteiger partial charge in [-0.2, -0.15) is 9.97 Å². The first-order chi connectivity index (χ1) is 9.76. The zero-order valence-corrected chi connectivity index (χ0v) is 10.6. The van der Waals surface area contributed by atoms with Crippen molar-refractivity contribution in [3.8, 4) is 11.6 Å². The molecular formula is C13H13N5O2. The molecule has 0 aliphatic carbocycles. The third-order valence-corrected chi connectivity index (χ3v) is 2.81. The summed E-state index contributed by atoms with van der Waals surface area (Å²) >= 11 is 0. The number of imidazole rings is 1. The van der Waals surface area contributed by atoms with E-state index in [0.717, 1.165) is 5.56 Å². The van der Waals surface area contributed by atoms with Crippen LogP contribution in [0.2, 0.25) is 0 Å². The topological polar surface area (TPSA) is 110 Å². The van der Waals surface area contributed by atoms with Gasteiger partial charge in [-0.1, -0.05) is 12.1 Å². The van der Waals surface area contributed by atoms with Crippen LogP contribution in [-0.2, 0) is 6.42 Å². The van der Waals surface area contributed by atoms with Crippen LogP contribution in [0.4, 0.5) is 5.95 Å². The number of aromatic amines is 1. The Labute approximate surface area is 114 Å². The first-order valence-corrected chi connectivity index (χ1v) is 6.10. The summed E-state index contributed by atoms with van der Waals surface area (Å²) in [5.41, 5.74) is 7.71. The Morgan fingerprint density at radius 3 is 2.75 bits per heavy atom. The van der Waals surface area contributed by atoms with E-state index >= 15 is 0 Å². The van der Waals surface area contributed by atoms with Crippen LogP contribution >= 0.6 is 0 Å². The number of nitrogen functional groups attached to an aromatic ring is 1. The van der Waals surface area contributed by atoms with Crippen molar-refractivity contribution in [1.29, 1.82) is 0 Å². The van der Waals surface area contributed by atoms with E-state index in [9.17, 15) is 0 Å². The maximum Gasteiger partial charge on any atom is 0.250 e. The lowest BCUT2D eigenvalue weighted by Gasteiger charge is -2.06. The molecule has 0 unspecified atom stereocenters. The highest BCUT2D eigenvalue weighted by molar-refractivity contribution is 5.77. The number of fused-ring (bicyclic) bond motifs is 1. The number of hydrogen-bond donors (Lipinski definition) is 3. The monoisotopic (exact) mass is 271 g/mol. The highest BCUT2D eigenvalue weighted by Crippen LogP contribution is 2.26. The van der Waals surface area contributed by atoms with Crippen LogP contribution < -0.4 is 10.5 Å². The van der Waals surface area contributed by atoms with E-state index < -0.39 is 0 Å². The van der Waals surface area contributed by atoms with Crippen molar-refractivity contribution in [2.45, 2.75) is 6.42 Å². The van der Waals surface area contributed by atoms with Gasteiger partial charge in [0.1, 0.15) is 11.3 Å². The van der Waals surface area contributed by atoms with Gasteiger partial charge in [-0.05, 0) is 24.1 Å². The summed E-state index contributed by atoms with van der Waals surface area (Å²) in [7, 11) is 0. The van der Waals surface area contributed by atoms with E-state index in [-0.39, 0.29) is 12.6 Å². The van der Waals surface area contributed by atoms with Crippen LogP contribution in [-0.4, -0.2) is 31.6 Å². The minimum Gasteiger partial charge on any atom is -0.437 e. The molecule has 0 amide bonds. The molecule has 0 spiro atoms. The maximum atomic E-state index is 8.88. The predicted octanol–water partition coefficient (Wildman–Crippen LogP) is 1.26. The van der Waals surface area contributed by atoms with E-state index in [1.54, 1.807) is 0 Å². The number of aliphatic hydroxyl groups is 1. The van der Waals surface area contributed by atoms with Gasteiger partial charge in [0.15, 0.2) is 5.65 Å². The Morgan fingerprint density at radius 2 is 2.00 bits per heavy atom. The molecule has 3 rings (SSSR count). The molecule has 2 heterocycles. The molecular weight excluding hydrogens is 258 g/mol. The molecule has 1 aromatic carbocycles. The molecule has 0 saturated carbocycles. The van der Waals surface area contributed by atoms with Gasteiger partial charge < -0.3 is 20.6 Å². The minimum absolute atomic E-state index is 0.108. The Bertz CT molecular complexity index is 723. The Morgan fingerprint density at radius 1 is 1.20 bits per heavy atom. The maximum absolute atomic E-state index is 8.88. The number of anilines is 1. The molecule has 0 atom stereocenters.